The maximum Gasteiger partial charge on any atom is 0.267 e. The molecule has 16 heavy (non-hydrogen) atoms. The van der Waals surface area contributed by atoms with E-state index in [9.17, 15) is 4.79 Å². The lowest BCUT2D eigenvalue weighted by molar-refractivity contribution is 0.0915. The van der Waals surface area contributed by atoms with Crippen LogP contribution in [0.1, 0.15) is 31.1 Å². The number of carbonyl (C=O) groups excluding carboxylic acids is 1. The lowest BCUT2D eigenvalue weighted by atomic mass is 10.1. The molecule has 1 rings (SSSR count). The number of hydrogen-bond donors (Lipinski definition) is 3. The molecular weight excluding hydrogens is 226 g/mol. The molecule has 5 heteroatoms. The van der Waals surface area contributed by atoms with Crippen molar-refractivity contribution in [2.24, 2.45) is 0 Å². The molecule has 0 saturated carbocycles. The van der Waals surface area contributed by atoms with Crippen molar-refractivity contribution in [1.29, 1.82) is 0 Å². The van der Waals surface area contributed by atoms with E-state index in [1.54, 1.807) is 12.1 Å². The van der Waals surface area contributed by atoms with E-state index in [4.69, 9.17) is 17.3 Å². The number of rotatable bonds is 2. The molecule has 4 N–H and O–H groups in total. The normalized spacial score (nSPS) is 11.2. The molecule has 0 saturated heterocycles. The number of anilines is 1. The number of hydrazine groups is 1. The van der Waals surface area contributed by atoms with Gasteiger partial charge in [0.1, 0.15) is 0 Å². The van der Waals surface area contributed by atoms with Gasteiger partial charge in [0, 0.05) is 16.2 Å². The van der Waals surface area contributed by atoms with Gasteiger partial charge in [-0.15, -0.1) is 0 Å². The van der Waals surface area contributed by atoms with Crippen molar-refractivity contribution in [2.75, 3.05) is 5.73 Å². The van der Waals surface area contributed by atoms with Crippen LogP contribution in [0.15, 0.2) is 18.2 Å². The second kappa shape index (κ2) is 4.72. The van der Waals surface area contributed by atoms with Gasteiger partial charge in [0.15, 0.2) is 0 Å². The Bertz CT molecular complexity index is 399. The van der Waals surface area contributed by atoms with E-state index >= 15 is 0 Å². The van der Waals surface area contributed by atoms with Crippen molar-refractivity contribution in [3.63, 3.8) is 0 Å². The fourth-order valence-corrected chi connectivity index (χ4v) is 1.21. The van der Waals surface area contributed by atoms with Gasteiger partial charge in [0.25, 0.3) is 5.91 Å². The van der Waals surface area contributed by atoms with E-state index < -0.39 is 0 Å². The smallest absolute Gasteiger partial charge is 0.267 e. The Morgan fingerprint density at radius 3 is 2.56 bits per heavy atom. The molecule has 0 aliphatic rings. The van der Waals surface area contributed by atoms with Crippen LogP contribution in [-0.4, -0.2) is 11.4 Å². The third kappa shape index (κ3) is 3.72. The number of amides is 1. The third-order valence-corrected chi connectivity index (χ3v) is 2.05. The average Bonchev–Trinajstić information content (AvgIpc) is 2.17. The van der Waals surface area contributed by atoms with E-state index in [1.807, 2.05) is 20.8 Å². The van der Waals surface area contributed by atoms with Crippen LogP contribution < -0.4 is 16.6 Å². The van der Waals surface area contributed by atoms with Crippen molar-refractivity contribution in [2.45, 2.75) is 26.3 Å². The summed E-state index contributed by atoms with van der Waals surface area (Å²) >= 11 is 5.80. The number of halogens is 1. The fourth-order valence-electron chi connectivity index (χ4n) is 1.04. The van der Waals surface area contributed by atoms with Gasteiger partial charge in [-0.05, 0) is 39.0 Å². The molecule has 0 aliphatic carbocycles. The molecule has 0 radical (unpaired) electrons. The highest BCUT2D eigenvalue weighted by Gasteiger charge is 2.14. The summed E-state index contributed by atoms with van der Waals surface area (Å²) in [7, 11) is 0. The summed E-state index contributed by atoms with van der Waals surface area (Å²) in [5, 5.41) is 0.482. The van der Waals surface area contributed by atoms with Crippen molar-refractivity contribution < 1.29 is 4.79 Å². The Balaban J connectivity index is 2.77. The zero-order valence-corrected chi connectivity index (χ0v) is 10.4. The molecule has 4 nitrogen and oxygen atoms in total. The standard InChI is InChI=1S/C11H16ClN3O/c1-11(2,3)15-14-10(16)8-6-7(12)4-5-9(8)13/h4-6,15H,13H2,1-3H3,(H,14,16). The Kier molecular flexibility index (Phi) is 3.78. The molecule has 0 unspecified atom stereocenters. The Labute approximate surface area is 100 Å². The summed E-state index contributed by atoms with van der Waals surface area (Å²) in [4.78, 5) is 11.8. The molecule has 1 amide bonds. The van der Waals surface area contributed by atoms with Crippen molar-refractivity contribution in [3.8, 4) is 0 Å². The van der Waals surface area contributed by atoms with Crippen LogP contribution in [0.5, 0.6) is 0 Å². The van der Waals surface area contributed by atoms with Gasteiger partial charge >= 0.3 is 0 Å². The van der Waals surface area contributed by atoms with Gasteiger partial charge in [-0.25, -0.2) is 5.43 Å². The van der Waals surface area contributed by atoms with Crippen LogP contribution in [0.25, 0.3) is 0 Å². The minimum absolute atomic E-state index is 0.205. The van der Waals surface area contributed by atoms with E-state index in [0.29, 0.717) is 16.3 Å². The minimum atomic E-state index is -0.296. The highest BCUT2D eigenvalue weighted by atomic mass is 35.5. The molecule has 0 heterocycles. The van der Waals surface area contributed by atoms with Gasteiger partial charge in [0.05, 0.1) is 5.56 Å². The topological polar surface area (TPSA) is 67.1 Å². The Hall–Kier alpha value is -1.26. The van der Waals surface area contributed by atoms with Crippen LogP contribution in [0, 0.1) is 0 Å². The summed E-state index contributed by atoms with van der Waals surface area (Å²) in [5.74, 6) is -0.296. The number of nitrogen functional groups attached to an aromatic ring is 1. The van der Waals surface area contributed by atoms with Crippen molar-refractivity contribution >= 4 is 23.2 Å². The molecule has 0 atom stereocenters. The predicted molar refractivity (Wildman–Crippen MR) is 66.2 cm³/mol. The van der Waals surface area contributed by atoms with Crippen LogP contribution in [-0.2, 0) is 0 Å². The maximum atomic E-state index is 11.8. The first-order valence-electron chi connectivity index (χ1n) is 4.92. The van der Waals surface area contributed by atoms with E-state index in [1.165, 1.54) is 6.07 Å². The largest absolute Gasteiger partial charge is 0.398 e. The van der Waals surface area contributed by atoms with Gasteiger partial charge < -0.3 is 5.73 Å². The number of benzene rings is 1. The molecule has 0 fully saturated rings. The zero-order chi connectivity index (χ0) is 12.3. The van der Waals surface area contributed by atoms with Crippen LogP contribution in [0.4, 0.5) is 5.69 Å². The summed E-state index contributed by atoms with van der Waals surface area (Å²) in [6, 6.07) is 4.79. The number of nitrogens with one attached hydrogen (secondary N) is 2. The van der Waals surface area contributed by atoms with Gasteiger partial charge in [0.2, 0.25) is 0 Å². The molecule has 0 aromatic heterocycles. The summed E-state index contributed by atoms with van der Waals surface area (Å²) < 4.78 is 0. The second-order valence-corrected chi connectivity index (χ2v) is 5.00. The van der Waals surface area contributed by atoms with Gasteiger partial charge in [-0.2, -0.15) is 0 Å². The van der Waals surface area contributed by atoms with Crippen LogP contribution in [0.3, 0.4) is 0 Å². The molecule has 0 aliphatic heterocycles. The first-order valence-corrected chi connectivity index (χ1v) is 5.30. The summed E-state index contributed by atoms with van der Waals surface area (Å²) in [5.41, 5.74) is 11.7. The van der Waals surface area contributed by atoms with Gasteiger partial charge in [-0.1, -0.05) is 11.6 Å². The number of hydrogen-bond acceptors (Lipinski definition) is 3. The fraction of sp³-hybridized carbons (Fsp3) is 0.364. The molecule has 0 bridgehead atoms. The lowest BCUT2D eigenvalue weighted by Crippen LogP contribution is -2.48. The highest BCUT2D eigenvalue weighted by Crippen LogP contribution is 2.17. The van der Waals surface area contributed by atoms with Crippen LogP contribution in [0.2, 0.25) is 5.02 Å². The predicted octanol–water partition coefficient (Wildman–Crippen LogP) is 1.96. The van der Waals surface area contributed by atoms with Gasteiger partial charge in [-0.3, -0.25) is 10.2 Å². The molecule has 1 aromatic carbocycles. The summed E-state index contributed by atoms with van der Waals surface area (Å²) in [6.07, 6.45) is 0. The van der Waals surface area contributed by atoms with E-state index in [-0.39, 0.29) is 11.4 Å². The maximum absolute atomic E-state index is 11.8. The molecular formula is C11H16ClN3O. The Morgan fingerprint density at radius 2 is 2.00 bits per heavy atom. The van der Waals surface area contributed by atoms with Crippen molar-refractivity contribution in [3.05, 3.63) is 28.8 Å². The first kappa shape index (κ1) is 12.8. The molecule has 88 valence electrons. The number of nitrogens with two attached hydrogens (primary N) is 1. The lowest BCUT2D eigenvalue weighted by Gasteiger charge is -2.21. The van der Waals surface area contributed by atoms with Crippen molar-refractivity contribution in [1.82, 2.24) is 10.9 Å². The monoisotopic (exact) mass is 241 g/mol. The number of carbonyl (C=O) groups is 1. The van der Waals surface area contributed by atoms with E-state index in [2.05, 4.69) is 10.9 Å². The van der Waals surface area contributed by atoms with E-state index in [0.717, 1.165) is 0 Å². The zero-order valence-electron chi connectivity index (χ0n) is 9.60. The Morgan fingerprint density at radius 1 is 1.38 bits per heavy atom. The minimum Gasteiger partial charge on any atom is -0.398 e. The summed E-state index contributed by atoms with van der Waals surface area (Å²) in [6.45, 7) is 5.82. The third-order valence-electron chi connectivity index (χ3n) is 1.81. The average molecular weight is 242 g/mol. The quantitative estimate of drug-likeness (QED) is 0.548. The SMILES string of the molecule is CC(C)(C)NNC(=O)c1cc(Cl)ccc1N. The van der Waals surface area contributed by atoms with Crippen LogP contribution >= 0.6 is 11.6 Å². The highest BCUT2D eigenvalue weighted by molar-refractivity contribution is 6.31. The second-order valence-electron chi connectivity index (χ2n) is 4.56. The molecule has 1 aromatic rings. The molecule has 0 spiro atoms. The first-order chi connectivity index (χ1) is 7.29.